The number of hydrogen-bond acceptors (Lipinski definition) is 6. The van der Waals surface area contributed by atoms with Crippen LogP contribution in [0.2, 0.25) is 5.02 Å². The van der Waals surface area contributed by atoms with Gasteiger partial charge < -0.3 is 18.9 Å². The summed E-state index contributed by atoms with van der Waals surface area (Å²) >= 11 is 5.94. The van der Waals surface area contributed by atoms with Crippen LogP contribution in [-0.2, 0) is 14.3 Å². The second-order valence-corrected chi connectivity index (χ2v) is 5.74. The molecule has 26 heavy (non-hydrogen) atoms. The number of aryl methyl sites for hydroxylation is 1. The smallest absolute Gasteiger partial charge is 0.349 e. The van der Waals surface area contributed by atoms with E-state index in [1.165, 1.54) is 13.2 Å². The minimum absolute atomic E-state index is 0.147. The molecule has 0 aromatic heterocycles. The predicted octanol–water partition coefficient (Wildman–Crippen LogP) is 3.44. The van der Waals surface area contributed by atoms with E-state index in [2.05, 4.69) is 0 Å². The van der Waals surface area contributed by atoms with Gasteiger partial charge in [0.05, 0.1) is 12.2 Å². The number of hydrogen-bond donors (Lipinski definition) is 0. The van der Waals surface area contributed by atoms with Crippen LogP contribution in [0.3, 0.4) is 0 Å². The van der Waals surface area contributed by atoms with Gasteiger partial charge in [-0.05, 0) is 48.9 Å². The molecule has 0 aliphatic carbocycles. The lowest BCUT2D eigenvalue weighted by Gasteiger charge is -2.09. The standard InChI is InChI=1S/C19H19ClO6/c1-13-10-15(6-7-17(13)20)25-12-18(21)26-16-5-3-4-14(11-16)19(22)24-9-8-23-2/h3-7,10-11H,8-9,12H2,1-2H3. The number of carbonyl (C=O) groups is 2. The molecule has 138 valence electrons. The second kappa shape index (κ2) is 9.79. The highest BCUT2D eigenvalue weighted by Gasteiger charge is 2.11. The Balaban J connectivity index is 1.89. The molecule has 6 nitrogen and oxygen atoms in total. The molecule has 0 saturated heterocycles. The molecule has 0 heterocycles. The molecular formula is C19H19ClO6. The van der Waals surface area contributed by atoms with Gasteiger partial charge in [0, 0.05) is 12.1 Å². The molecule has 0 N–H and O–H groups in total. The van der Waals surface area contributed by atoms with Crippen LogP contribution in [0, 0.1) is 6.92 Å². The average molecular weight is 379 g/mol. The maximum Gasteiger partial charge on any atom is 0.349 e. The van der Waals surface area contributed by atoms with Gasteiger partial charge >= 0.3 is 11.9 Å². The fraction of sp³-hybridized carbons (Fsp3) is 0.263. The molecule has 0 unspecified atom stereocenters. The predicted molar refractivity (Wildman–Crippen MR) is 95.9 cm³/mol. The first-order chi connectivity index (χ1) is 12.5. The molecular weight excluding hydrogens is 360 g/mol. The molecule has 0 spiro atoms. The number of methoxy groups -OCH3 is 1. The lowest BCUT2D eigenvalue weighted by molar-refractivity contribution is -0.136. The van der Waals surface area contributed by atoms with E-state index in [4.69, 9.17) is 30.5 Å². The Labute approximate surface area is 156 Å². The van der Waals surface area contributed by atoms with Crippen LogP contribution in [0.5, 0.6) is 11.5 Å². The molecule has 0 saturated carbocycles. The minimum Gasteiger partial charge on any atom is -0.482 e. The van der Waals surface area contributed by atoms with Crippen molar-refractivity contribution in [3.63, 3.8) is 0 Å². The first kappa shape index (κ1) is 19.8. The molecule has 2 rings (SSSR count). The summed E-state index contributed by atoms with van der Waals surface area (Å²) in [5.41, 5.74) is 1.12. The SMILES string of the molecule is COCCOC(=O)c1cccc(OC(=O)COc2ccc(Cl)c(C)c2)c1. The average Bonchev–Trinajstić information content (AvgIpc) is 2.63. The third kappa shape index (κ3) is 6.06. The Bertz CT molecular complexity index is 774. The van der Waals surface area contributed by atoms with E-state index >= 15 is 0 Å². The van der Waals surface area contributed by atoms with Crippen LogP contribution in [0.15, 0.2) is 42.5 Å². The summed E-state index contributed by atoms with van der Waals surface area (Å²) in [5, 5.41) is 0.620. The minimum atomic E-state index is -0.595. The lowest BCUT2D eigenvalue weighted by atomic mass is 10.2. The highest BCUT2D eigenvalue weighted by Crippen LogP contribution is 2.21. The van der Waals surface area contributed by atoms with Crippen molar-refractivity contribution < 1.29 is 28.5 Å². The molecule has 2 aromatic carbocycles. The number of rotatable bonds is 8. The molecule has 0 radical (unpaired) electrons. The zero-order chi connectivity index (χ0) is 18.9. The van der Waals surface area contributed by atoms with E-state index in [1.54, 1.807) is 36.4 Å². The van der Waals surface area contributed by atoms with Crippen molar-refractivity contribution in [2.24, 2.45) is 0 Å². The Morgan fingerprint density at radius 1 is 1.04 bits per heavy atom. The summed E-state index contributed by atoms with van der Waals surface area (Å²) < 4.78 is 20.4. The van der Waals surface area contributed by atoms with Gasteiger partial charge in [-0.2, -0.15) is 0 Å². The second-order valence-electron chi connectivity index (χ2n) is 5.33. The zero-order valence-electron chi connectivity index (χ0n) is 14.5. The maximum absolute atomic E-state index is 11.9. The summed E-state index contributed by atoms with van der Waals surface area (Å²) in [7, 11) is 1.52. The molecule has 0 aliphatic rings. The highest BCUT2D eigenvalue weighted by atomic mass is 35.5. The van der Waals surface area contributed by atoms with Gasteiger partial charge in [0.1, 0.15) is 18.1 Å². The van der Waals surface area contributed by atoms with Crippen molar-refractivity contribution in [3.8, 4) is 11.5 Å². The lowest BCUT2D eigenvalue weighted by Crippen LogP contribution is -2.18. The Morgan fingerprint density at radius 2 is 1.85 bits per heavy atom. The topological polar surface area (TPSA) is 71.1 Å². The van der Waals surface area contributed by atoms with Crippen LogP contribution in [0.1, 0.15) is 15.9 Å². The van der Waals surface area contributed by atoms with Crippen molar-refractivity contribution in [2.75, 3.05) is 26.9 Å². The summed E-state index contributed by atoms with van der Waals surface area (Å²) in [5.74, 6) is -0.373. The molecule has 0 fully saturated rings. The summed E-state index contributed by atoms with van der Waals surface area (Å²) in [4.78, 5) is 23.8. The van der Waals surface area contributed by atoms with Crippen LogP contribution < -0.4 is 9.47 Å². The van der Waals surface area contributed by atoms with Crippen LogP contribution in [-0.4, -0.2) is 38.9 Å². The van der Waals surface area contributed by atoms with Gasteiger partial charge in [0.25, 0.3) is 0 Å². The van der Waals surface area contributed by atoms with Crippen LogP contribution >= 0.6 is 11.6 Å². The number of ether oxygens (including phenoxy) is 4. The van der Waals surface area contributed by atoms with Crippen molar-refractivity contribution in [1.29, 1.82) is 0 Å². The van der Waals surface area contributed by atoms with Crippen LogP contribution in [0.4, 0.5) is 0 Å². The largest absolute Gasteiger partial charge is 0.482 e. The maximum atomic E-state index is 11.9. The normalized spacial score (nSPS) is 10.3. The van der Waals surface area contributed by atoms with Gasteiger partial charge in [-0.25, -0.2) is 9.59 Å². The van der Waals surface area contributed by atoms with Crippen molar-refractivity contribution in [3.05, 3.63) is 58.6 Å². The van der Waals surface area contributed by atoms with Crippen LogP contribution in [0.25, 0.3) is 0 Å². The summed E-state index contributed by atoms with van der Waals surface area (Å²) in [6, 6.07) is 11.2. The van der Waals surface area contributed by atoms with E-state index in [0.29, 0.717) is 17.4 Å². The van der Waals surface area contributed by atoms with E-state index in [-0.39, 0.29) is 24.5 Å². The third-order valence-corrected chi connectivity index (χ3v) is 3.73. The molecule has 2 aromatic rings. The summed E-state index contributed by atoms with van der Waals surface area (Å²) in [6.07, 6.45) is 0. The Kier molecular flexibility index (Phi) is 7.44. The van der Waals surface area contributed by atoms with Gasteiger partial charge in [-0.1, -0.05) is 17.7 Å². The van der Waals surface area contributed by atoms with Gasteiger partial charge in [-0.3, -0.25) is 0 Å². The molecule has 0 amide bonds. The Hall–Kier alpha value is -2.57. The molecule has 0 atom stereocenters. The number of halogens is 1. The van der Waals surface area contributed by atoms with E-state index in [1.807, 2.05) is 6.92 Å². The van der Waals surface area contributed by atoms with Gasteiger partial charge in [-0.15, -0.1) is 0 Å². The van der Waals surface area contributed by atoms with Crippen molar-refractivity contribution in [2.45, 2.75) is 6.92 Å². The number of carbonyl (C=O) groups excluding carboxylic acids is 2. The van der Waals surface area contributed by atoms with Crippen molar-refractivity contribution >= 4 is 23.5 Å². The highest BCUT2D eigenvalue weighted by molar-refractivity contribution is 6.31. The van der Waals surface area contributed by atoms with E-state index < -0.39 is 11.9 Å². The number of benzene rings is 2. The molecule has 0 bridgehead atoms. The van der Waals surface area contributed by atoms with Crippen molar-refractivity contribution in [1.82, 2.24) is 0 Å². The third-order valence-electron chi connectivity index (χ3n) is 3.31. The fourth-order valence-corrected chi connectivity index (χ4v) is 2.12. The molecule has 7 heteroatoms. The monoisotopic (exact) mass is 378 g/mol. The number of esters is 2. The molecule has 0 aliphatic heterocycles. The van der Waals surface area contributed by atoms with E-state index in [0.717, 1.165) is 5.56 Å². The van der Waals surface area contributed by atoms with Gasteiger partial charge in [0.2, 0.25) is 0 Å². The summed E-state index contributed by atoms with van der Waals surface area (Å²) in [6.45, 7) is 2.02. The zero-order valence-corrected chi connectivity index (χ0v) is 15.2. The Morgan fingerprint density at radius 3 is 2.58 bits per heavy atom. The first-order valence-corrected chi connectivity index (χ1v) is 8.23. The van der Waals surface area contributed by atoms with Gasteiger partial charge in [0.15, 0.2) is 6.61 Å². The quantitative estimate of drug-likeness (QED) is 0.398. The first-order valence-electron chi connectivity index (χ1n) is 7.85. The fourth-order valence-electron chi connectivity index (χ4n) is 2.00. The van der Waals surface area contributed by atoms with E-state index in [9.17, 15) is 9.59 Å².